The van der Waals surface area contributed by atoms with Crippen molar-refractivity contribution in [2.24, 2.45) is 5.92 Å². The first-order valence-electron chi connectivity index (χ1n) is 6.71. The average molecular weight is 268 g/mol. The molecular weight excluding hydrogens is 252 g/mol. The van der Waals surface area contributed by atoms with Gasteiger partial charge >= 0.3 is 0 Å². The maximum absolute atomic E-state index is 11.7. The van der Waals surface area contributed by atoms with Crippen molar-refractivity contribution in [2.75, 3.05) is 0 Å². The van der Waals surface area contributed by atoms with Gasteiger partial charge in [-0.05, 0) is 24.5 Å². The fourth-order valence-corrected chi connectivity index (χ4v) is 2.25. The van der Waals surface area contributed by atoms with Crippen LogP contribution in [0.5, 0.6) is 0 Å². The molecule has 4 heteroatoms. The molecule has 0 atom stereocenters. The first-order valence-corrected chi connectivity index (χ1v) is 6.71. The molecule has 3 aromatic rings. The highest BCUT2D eigenvalue weighted by atomic mass is 16.3. The maximum atomic E-state index is 11.7. The number of furan rings is 1. The average Bonchev–Trinajstić information content (AvgIpc) is 2.80. The van der Waals surface area contributed by atoms with E-state index in [0.29, 0.717) is 17.5 Å². The molecule has 2 heterocycles. The lowest BCUT2D eigenvalue weighted by Crippen LogP contribution is -2.11. The quantitative estimate of drug-likeness (QED) is 0.792. The molecule has 0 aliphatic heterocycles. The van der Waals surface area contributed by atoms with Crippen LogP contribution in [0.4, 0.5) is 0 Å². The zero-order valence-electron chi connectivity index (χ0n) is 11.5. The summed E-state index contributed by atoms with van der Waals surface area (Å²) in [4.78, 5) is 19.0. The molecule has 0 saturated heterocycles. The highest BCUT2D eigenvalue weighted by molar-refractivity contribution is 5.81. The van der Waals surface area contributed by atoms with Gasteiger partial charge in [0.25, 0.3) is 5.56 Å². The van der Waals surface area contributed by atoms with E-state index < -0.39 is 0 Å². The molecule has 102 valence electrons. The minimum atomic E-state index is -0.147. The highest BCUT2D eigenvalue weighted by Gasteiger charge is 2.10. The van der Waals surface area contributed by atoms with E-state index in [4.69, 9.17) is 4.42 Å². The number of benzene rings is 1. The highest BCUT2D eigenvalue weighted by Crippen LogP contribution is 2.24. The third-order valence-electron chi connectivity index (χ3n) is 3.07. The normalized spacial score (nSPS) is 11.3. The molecule has 4 nitrogen and oxygen atoms in total. The molecule has 0 spiro atoms. The molecular formula is C16H16N2O2. The van der Waals surface area contributed by atoms with Crippen LogP contribution in [0.25, 0.3) is 22.6 Å². The first kappa shape index (κ1) is 12.7. The minimum Gasteiger partial charge on any atom is -0.453 e. The number of hydrogen-bond acceptors (Lipinski definition) is 3. The molecule has 2 aromatic heterocycles. The summed E-state index contributed by atoms with van der Waals surface area (Å²) < 4.78 is 5.74. The number of rotatable bonds is 3. The largest absolute Gasteiger partial charge is 0.453 e. The molecule has 0 fully saturated rings. The van der Waals surface area contributed by atoms with Gasteiger partial charge in [-0.2, -0.15) is 0 Å². The molecule has 0 aliphatic carbocycles. The lowest BCUT2D eigenvalue weighted by Gasteiger charge is -2.04. The van der Waals surface area contributed by atoms with Gasteiger partial charge in [0, 0.05) is 17.1 Å². The number of nitrogens with one attached hydrogen (secondary N) is 1. The number of hydrogen-bond donors (Lipinski definition) is 1. The molecule has 0 unspecified atom stereocenters. The van der Waals surface area contributed by atoms with E-state index in [-0.39, 0.29) is 5.56 Å². The third-order valence-corrected chi connectivity index (χ3v) is 3.07. The van der Waals surface area contributed by atoms with Crippen molar-refractivity contribution in [3.05, 3.63) is 52.4 Å². The minimum absolute atomic E-state index is 0.147. The van der Waals surface area contributed by atoms with Crippen LogP contribution in [0.1, 0.15) is 19.5 Å². The van der Waals surface area contributed by atoms with Gasteiger partial charge in [0.2, 0.25) is 0 Å². The summed E-state index contributed by atoms with van der Waals surface area (Å²) in [5.41, 5.74) is 1.43. The van der Waals surface area contributed by atoms with Crippen LogP contribution in [0.15, 0.2) is 45.6 Å². The van der Waals surface area contributed by atoms with Gasteiger partial charge in [0.1, 0.15) is 5.58 Å². The number of para-hydroxylation sites is 1. The Labute approximate surface area is 116 Å². The molecule has 0 aliphatic rings. The van der Waals surface area contributed by atoms with Crippen LogP contribution in [-0.4, -0.2) is 9.97 Å². The fourth-order valence-electron chi connectivity index (χ4n) is 2.25. The monoisotopic (exact) mass is 268 g/mol. The number of H-pyrrole nitrogens is 1. The SMILES string of the molecule is CC(C)Cc1cc(=O)[nH]c(-c2cc3ccccc3o2)n1. The smallest absolute Gasteiger partial charge is 0.251 e. The summed E-state index contributed by atoms with van der Waals surface area (Å²) in [5, 5.41) is 0.999. The lowest BCUT2D eigenvalue weighted by atomic mass is 10.1. The second-order valence-electron chi connectivity index (χ2n) is 5.33. The Bertz CT molecular complexity index is 766. The summed E-state index contributed by atoms with van der Waals surface area (Å²) in [6, 6.07) is 11.2. The van der Waals surface area contributed by atoms with E-state index in [1.165, 1.54) is 0 Å². The zero-order valence-corrected chi connectivity index (χ0v) is 11.5. The Morgan fingerprint density at radius 3 is 2.80 bits per heavy atom. The van der Waals surface area contributed by atoms with Crippen molar-refractivity contribution in [1.29, 1.82) is 0 Å². The summed E-state index contributed by atoms with van der Waals surface area (Å²) in [6.45, 7) is 4.20. The second-order valence-corrected chi connectivity index (χ2v) is 5.33. The van der Waals surface area contributed by atoms with Crippen molar-refractivity contribution >= 4 is 11.0 Å². The first-order chi connectivity index (χ1) is 9.61. The molecule has 3 rings (SSSR count). The molecule has 1 aromatic carbocycles. The van der Waals surface area contributed by atoms with Crippen molar-refractivity contribution in [1.82, 2.24) is 9.97 Å². The van der Waals surface area contributed by atoms with E-state index in [2.05, 4.69) is 23.8 Å². The van der Waals surface area contributed by atoms with Crippen molar-refractivity contribution in [2.45, 2.75) is 20.3 Å². The van der Waals surface area contributed by atoms with Crippen molar-refractivity contribution < 1.29 is 4.42 Å². The Balaban J connectivity index is 2.08. The Kier molecular flexibility index (Phi) is 3.14. The molecule has 0 saturated carbocycles. The second kappa shape index (κ2) is 4.96. The van der Waals surface area contributed by atoms with E-state index in [1.807, 2.05) is 30.3 Å². The predicted octanol–water partition coefficient (Wildman–Crippen LogP) is 3.38. The van der Waals surface area contributed by atoms with Crippen molar-refractivity contribution in [3.8, 4) is 11.6 Å². The summed E-state index contributed by atoms with van der Waals surface area (Å²) in [5.74, 6) is 1.53. The molecule has 0 radical (unpaired) electrons. The fraction of sp³-hybridized carbons (Fsp3) is 0.250. The topological polar surface area (TPSA) is 58.9 Å². The number of aromatic nitrogens is 2. The van der Waals surface area contributed by atoms with Gasteiger partial charge in [-0.3, -0.25) is 4.79 Å². The van der Waals surface area contributed by atoms with Gasteiger partial charge in [-0.25, -0.2) is 4.98 Å². The van der Waals surface area contributed by atoms with E-state index >= 15 is 0 Å². The van der Waals surface area contributed by atoms with E-state index in [1.54, 1.807) is 6.07 Å². The van der Waals surface area contributed by atoms with Gasteiger partial charge in [-0.1, -0.05) is 32.0 Å². The van der Waals surface area contributed by atoms with Crippen LogP contribution in [0.2, 0.25) is 0 Å². The molecule has 0 bridgehead atoms. The van der Waals surface area contributed by atoms with Crippen LogP contribution in [0.3, 0.4) is 0 Å². The van der Waals surface area contributed by atoms with E-state index in [0.717, 1.165) is 23.1 Å². The number of fused-ring (bicyclic) bond motifs is 1. The van der Waals surface area contributed by atoms with Crippen LogP contribution < -0.4 is 5.56 Å². The maximum Gasteiger partial charge on any atom is 0.251 e. The summed E-state index contributed by atoms with van der Waals surface area (Å²) in [6.07, 6.45) is 0.775. The van der Waals surface area contributed by atoms with E-state index in [9.17, 15) is 4.79 Å². The predicted molar refractivity (Wildman–Crippen MR) is 78.6 cm³/mol. The van der Waals surface area contributed by atoms with Gasteiger partial charge in [0.15, 0.2) is 11.6 Å². The Hall–Kier alpha value is -2.36. The Morgan fingerprint density at radius 2 is 2.05 bits per heavy atom. The molecule has 20 heavy (non-hydrogen) atoms. The van der Waals surface area contributed by atoms with Crippen LogP contribution >= 0.6 is 0 Å². The zero-order chi connectivity index (χ0) is 14.1. The summed E-state index contributed by atoms with van der Waals surface area (Å²) >= 11 is 0. The molecule has 0 amide bonds. The van der Waals surface area contributed by atoms with Gasteiger partial charge in [0.05, 0.1) is 0 Å². The van der Waals surface area contributed by atoms with Crippen LogP contribution in [0, 0.1) is 5.92 Å². The number of nitrogens with zero attached hydrogens (tertiary/aromatic N) is 1. The van der Waals surface area contributed by atoms with Gasteiger partial charge < -0.3 is 9.40 Å². The summed E-state index contributed by atoms with van der Waals surface area (Å²) in [7, 11) is 0. The third kappa shape index (κ3) is 2.50. The lowest BCUT2D eigenvalue weighted by molar-refractivity contribution is 0.615. The van der Waals surface area contributed by atoms with Crippen molar-refractivity contribution in [3.63, 3.8) is 0 Å². The molecule has 1 N–H and O–H groups in total. The standard InChI is InChI=1S/C16H16N2O2/c1-10(2)7-12-9-15(19)18-16(17-12)14-8-11-5-3-4-6-13(11)20-14/h3-6,8-10H,7H2,1-2H3,(H,17,18,19). The van der Waals surface area contributed by atoms with Crippen LogP contribution in [-0.2, 0) is 6.42 Å². The Morgan fingerprint density at radius 1 is 1.25 bits per heavy atom. The number of aromatic amines is 1. The van der Waals surface area contributed by atoms with Gasteiger partial charge in [-0.15, -0.1) is 0 Å².